The van der Waals surface area contributed by atoms with Crippen LogP contribution in [0.4, 0.5) is 0 Å². The second-order valence-electron chi connectivity index (χ2n) is 7.13. The number of aromatic nitrogens is 1. The van der Waals surface area contributed by atoms with E-state index in [1.165, 1.54) is 11.8 Å². The van der Waals surface area contributed by atoms with Crippen molar-refractivity contribution in [3.8, 4) is 11.5 Å². The van der Waals surface area contributed by atoms with Crippen LogP contribution in [0.25, 0.3) is 10.2 Å². The Morgan fingerprint density at radius 3 is 2.70 bits per heavy atom. The molecule has 1 N–H and O–H groups in total. The first-order valence-corrected chi connectivity index (χ1v) is 12.0. The average Bonchev–Trinajstić information content (AvgIpc) is 3.26. The fourth-order valence-corrected chi connectivity index (χ4v) is 5.19. The van der Waals surface area contributed by atoms with Crippen LogP contribution in [0.2, 0.25) is 0 Å². The van der Waals surface area contributed by atoms with Crippen molar-refractivity contribution in [2.75, 3.05) is 7.11 Å². The Balaban J connectivity index is 1.32. The lowest BCUT2D eigenvalue weighted by atomic mass is 10.2. The van der Waals surface area contributed by atoms with Gasteiger partial charge in [0, 0.05) is 0 Å². The van der Waals surface area contributed by atoms with Gasteiger partial charge in [-0.25, -0.2) is 10.4 Å². The maximum atomic E-state index is 12.4. The van der Waals surface area contributed by atoms with E-state index in [1.807, 2.05) is 79.7 Å². The number of thiazole rings is 1. The first kappa shape index (κ1) is 22.8. The summed E-state index contributed by atoms with van der Waals surface area (Å²) in [5.74, 6) is 1.05. The maximum Gasteiger partial charge on any atom is 0.253 e. The van der Waals surface area contributed by atoms with Crippen LogP contribution in [0.5, 0.6) is 11.5 Å². The quantitative estimate of drug-likeness (QED) is 0.195. The SMILES string of the molecule is COc1cc(/C=N/NC(=O)C(C)Sc2nc3ccccc3s2)ccc1OCc1ccccc1. The van der Waals surface area contributed by atoms with E-state index in [-0.39, 0.29) is 11.2 Å². The van der Waals surface area contributed by atoms with Gasteiger partial charge in [0.1, 0.15) is 6.61 Å². The van der Waals surface area contributed by atoms with Crippen molar-refractivity contribution in [3.05, 3.63) is 83.9 Å². The molecule has 4 aromatic rings. The summed E-state index contributed by atoms with van der Waals surface area (Å²) in [6, 6.07) is 23.4. The van der Waals surface area contributed by atoms with Gasteiger partial charge in [0.25, 0.3) is 5.91 Å². The number of methoxy groups -OCH3 is 1. The summed E-state index contributed by atoms with van der Waals surface area (Å²) in [7, 11) is 1.59. The first-order valence-electron chi connectivity index (χ1n) is 10.3. The highest BCUT2D eigenvalue weighted by molar-refractivity contribution is 8.02. The molecule has 0 aliphatic heterocycles. The highest BCUT2D eigenvalue weighted by Gasteiger charge is 2.16. The van der Waals surface area contributed by atoms with Crippen molar-refractivity contribution < 1.29 is 14.3 Å². The van der Waals surface area contributed by atoms with Gasteiger partial charge < -0.3 is 9.47 Å². The Hall–Kier alpha value is -3.36. The average molecular weight is 478 g/mol. The summed E-state index contributed by atoms with van der Waals surface area (Å²) in [6.45, 7) is 2.29. The Kier molecular flexibility index (Phi) is 7.59. The van der Waals surface area contributed by atoms with Crippen molar-refractivity contribution in [2.24, 2.45) is 5.10 Å². The third-order valence-corrected chi connectivity index (χ3v) is 6.96. The molecule has 0 aliphatic carbocycles. The first-order chi connectivity index (χ1) is 16.1. The molecule has 1 heterocycles. The molecule has 1 aromatic heterocycles. The van der Waals surface area contributed by atoms with E-state index < -0.39 is 0 Å². The molecule has 33 heavy (non-hydrogen) atoms. The number of thioether (sulfide) groups is 1. The topological polar surface area (TPSA) is 72.8 Å². The van der Waals surface area contributed by atoms with Gasteiger partial charge in [-0.05, 0) is 48.4 Å². The molecule has 168 valence electrons. The number of carbonyl (C=O) groups is 1. The van der Waals surface area contributed by atoms with Gasteiger partial charge in [0.2, 0.25) is 0 Å². The summed E-state index contributed by atoms with van der Waals surface area (Å²) in [4.78, 5) is 17.0. The maximum absolute atomic E-state index is 12.4. The molecule has 0 radical (unpaired) electrons. The molecule has 4 rings (SSSR count). The normalized spacial score (nSPS) is 12.1. The molecule has 0 spiro atoms. The molecule has 1 amide bonds. The third kappa shape index (κ3) is 6.12. The Morgan fingerprint density at radius 2 is 1.91 bits per heavy atom. The predicted octanol–water partition coefficient (Wildman–Crippen LogP) is 5.51. The van der Waals surface area contributed by atoms with E-state index in [1.54, 1.807) is 24.7 Å². The number of amides is 1. The van der Waals surface area contributed by atoms with Crippen molar-refractivity contribution >= 4 is 45.4 Å². The van der Waals surface area contributed by atoms with Crippen LogP contribution in [0, 0.1) is 0 Å². The van der Waals surface area contributed by atoms with E-state index in [0.717, 1.165) is 25.7 Å². The predicted molar refractivity (Wildman–Crippen MR) is 134 cm³/mol. The number of nitrogens with zero attached hydrogens (tertiary/aromatic N) is 2. The van der Waals surface area contributed by atoms with Crippen molar-refractivity contribution in [3.63, 3.8) is 0 Å². The van der Waals surface area contributed by atoms with Gasteiger partial charge in [-0.2, -0.15) is 5.10 Å². The van der Waals surface area contributed by atoms with Crippen LogP contribution in [-0.2, 0) is 11.4 Å². The molecule has 0 fully saturated rings. The van der Waals surface area contributed by atoms with E-state index in [0.29, 0.717) is 18.1 Å². The van der Waals surface area contributed by atoms with Crippen molar-refractivity contribution in [1.82, 2.24) is 10.4 Å². The smallest absolute Gasteiger partial charge is 0.253 e. The second kappa shape index (κ2) is 11.0. The summed E-state index contributed by atoms with van der Waals surface area (Å²) >= 11 is 3.00. The zero-order valence-corrected chi connectivity index (χ0v) is 19.9. The minimum Gasteiger partial charge on any atom is -0.493 e. The minimum absolute atomic E-state index is 0.190. The molecule has 1 unspecified atom stereocenters. The standard InChI is InChI=1S/C25H23N3O3S2/c1-17(32-25-27-20-10-6-7-11-23(20)33-25)24(29)28-26-15-19-12-13-21(22(14-19)30-2)31-16-18-8-4-3-5-9-18/h3-15,17H,16H2,1-2H3,(H,28,29)/b26-15+. The van der Waals surface area contributed by atoms with Crippen molar-refractivity contribution in [2.45, 2.75) is 23.1 Å². The van der Waals surface area contributed by atoms with Gasteiger partial charge in [-0.3, -0.25) is 4.79 Å². The molecule has 0 bridgehead atoms. The lowest BCUT2D eigenvalue weighted by Crippen LogP contribution is -2.26. The van der Waals surface area contributed by atoms with E-state index in [4.69, 9.17) is 9.47 Å². The van der Waals surface area contributed by atoms with Crippen LogP contribution < -0.4 is 14.9 Å². The largest absolute Gasteiger partial charge is 0.493 e. The van der Waals surface area contributed by atoms with Crippen LogP contribution in [0.15, 0.2) is 82.2 Å². The van der Waals surface area contributed by atoms with Gasteiger partial charge in [0.15, 0.2) is 15.8 Å². The molecule has 1 atom stereocenters. The number of carbonyl (C=O) groups excluding carboxylic acids is 1. The Bertz CT molecular complexity index is 1230. The Labute approximate surface area is 200 Å². The number of hydrogen-bond acceptors (Lipinski definition) is 7. The monoisotopic (exact) mass is 477 g/mol. The minimum atomic E-state index is -0.328. The highest BCUT2D eigenvalue weighted by atomic mass is 32.2. The number of hydrogen-bond donors (Lipinski definition) is 1. The number of rotatable bonds is 9. The van der Waals surface area contributed by atoms with Crippen molar-refractivity contribution in [1.29, 1.82) is 0 Å². The summed E-state index contributed by atoms with van der Waals surface area (Å²) in [5, 5.41) is 3.77. The number of benzene rings is 3. The fourth-order valence-electron chi connectivity index (χ4n) is 2.99. The zero-order chi connectivity index (χ0) is 23.0. The third-order valence-electron chi connectivity index (χ3n) is 4.73. The van der Waals surface area contributed by atoms with Crippen LogP contribution in [0.3, 0.4) is 0 Å². The number of hydrazone groups is 1. The number of nitrogens with one attached hydrogen (secondary N) is 1. The van der Waals surface area contributed by atoms with E-state index in [9.17, 15) is 4.79 Å². The Morgan fingerprint density at radius 1 is 1.12 bits per heavy atom. The molecular formula is C25H23N3O3S2. The van der Waals surface area contributed by atoms with Gasteiger partial charge in [-0.1, -0.05) is 54.2 Å². The molecule has 8 heteroatoms. The fraction of sp³-hybridized carbons (Fsp3) is 0.160. The summed E-state index contributed by atoms with van der Waals surface area (Å²) < 4.78 is 13.3. The zero-order valence-electron chi connectivity index (χ0n) is 18.2. The lowest BCUT2D eigenvalue weighted by molar-refractivity contribution is -0.120. The van der Waals surface area contributed by atoms with Crippen LogP contribution in [-0.4, -0.2) is 29.5 Å². The number of ether oxygens (including phenoxy) is 2. The highest BCUT2D eigenvalue weighted by Crippen LogP contribution is 2.32. The molecule has 0 saturated carbocycles. The number of fused-ring (bicyclic) bond motifs is 1. The van der Waals surface area contributed by atoms with Crippen LogP contribution >= 0.6 is 23.1 Å². The van der Waals surface area contributed by atoms with Gasteiger partial charge >= 0.3 is 0 Å². The van der Waals surface area contributed by atoms with Gasteiger partial charge in [-0.15, -0.1) is 11.3 Å². The van der Waals surface area contributed by atoms with E-state index in [2.05, 4.69) is 15.5 Å². The summed E-state index contributed by atoms with van der Waals surface area (Å²) in [5.41, 5.74) is 5.40. The van der Waals surface area contributed by atoms with Gasteiger partial charge in [0.05, 0.1) is 28.8 Å². The second-order valence-corrected chi connectivity index (χ2v) is 9.74. The van der Waals surface area contributed by atoms with Crippen LogP contribution in [0.1, 0.15) is 18.1 Å². The molecule has 3 aromatic carbocycles. The number of para-hydroxylation sites is 1. The molecule has 0 saturated heterocycles. The molecular weight excluding hydrogens is 454 g/mol. The molecule has 6 nitrogen and oxygen atoms in total. The summed E-state index contributed by atoms with van der Waals surface area (Å²) in [6.07, 6.45) is 1.58. The molecule has 0 aliphatic rings. The van der Waals surface area contributed by atoms with E-state index >= 15 is 0 Å². The lowest BCUT2D eigenvalue weighted by Gasteiger charge is -2.11.